The SMILES string of the molecule is Cc1ccc(Br)cc1NS(=O)(=O)c1c(C(=O)O)n[nH]c1C. The molecule has 21 heavy (non-hydrogen) atoms. The number of aryl methyl sites for hydroxylation is 2. The van der Waals surface area contributed by atoms with Gasteiger partial charge in [-0.25, -0.2) is 13.2 Å². The van der Waals surface area contributed by atoms with Crippen molar-refractivity contribution in [3.8, 4) is 0 Å². The van der Waals surface area contributed by atoms with Crippen LogP contribution in [-0.2, 0) is 10.0 Å². The first-order valence-electron chi connectivity index (χ1n) is 5.79. The van der Waals surface area contributed by atoms with Crippen LogP contribution in [0.3, 0.4) is 0 Å². The molecule has 3 N–H and O–H groups in total. The second-order valence-electron chi connectivity index (χ2n) is 4.40. The summed E-state index contributed by atoms with van der Waals surface area (Å²) in [4.78, 5) is 10.7. The van der Waals surface area contributed by atoms with Gasteiger partial charge in [-0.1, -0.05) is 22.0 Å². The number of hydrogen-bond donors (Lipinski definition) is 3. The molecule has 0 bridgehead atoms. The van der Waals surface area contributed by atoms with Gasteiger partial charge < -0.3 is 5.11 Å². The minimum atomic E-state index is -4.06. The van der Waals surface area contributed by atoms with Gasteiger partial charge in [0.15, 0.2) is 5.69 Å². The van der Waals surface area contributed by atoms with Crippen molar-refractivity contribution >= 4 is 37.6 Å². The number of aromatic nitrogens is 2. The van der Waals surface area contributed by atoms with E-state index in [0.29, 0.717) is 15.7 Å². The largest absolute Gasteiger partial charge is 0.476 e. The molecule has 0 radical (unpaired) electrons. The average Bonchev–Trinajstić information content (AvgIpc) is 2.76. The summed E-state index contributed by atoms with van der Waals surface area (Å²) in [5.41, 5.74) is 0.696. The van der Waals surface area contributed by atoms with Gasteiger partial charge in [0.1, 0.15) is 4.90 Å². The second-order valence-corrected chi connectivity index (χ2v) is 6.93. The van der Waals surface area contributed by atoms with Crippen molar-refractivity contribution in [2.75, 3.05) is 4.72 Å². The topological polar surface area (TPSA) is 112 Å². The molecule has 2 rings (SSSR count). The zero-order valence-electron chi connectivity index (χ0n) is 11.1. The summed E-state index contributed by atoms with van der Waals surface area (Å²) in [5, 5.41) is 14.9. The van der Waals surface area contributed by atoms with Gasteiger partial charge >= 0.3 is 5.97 Å². The van der Waals surface area contributed by atoms with E-state index in [2.05, 4.69) is 30.8 Å². The first-order valence-corrected chi connectivity index (χ1v) is 8.07. The van der Waals surface area contributed by atoms with E-state index in [9.17, 15) is 13.2 Å². The van der Waals surface area contributed by atoms with E-state index in [1.807, 2.05) is 0 Å². The number of aromatic carboxylic acids is 1. The van der Waals surface area contributed by atoms with Gasteiger partial charge in [0.25, 0.3) is 10.0 Å². The Bertz CT molecular complexity index is 814. The number of carbonyl (C=O) groups is 1. The smallest absolute Gasteiger partial charge is 0.357 e. The molecule has 0 saturated heterocycles. The fourth-order valence-electron chi connectivity index (χ4n) is 1.79. The number of carboxylic acid groups (broad SMARTS) is 1. The minimum Gasteiger partial charge on any atom is -0.476 e. The number of hydrogen-bond acceptors (Lipinski definition) is 4. The molecular weight excluding hydrogens is 362 g/mol. The van der Waals surface area contributed by atoms with Crippen molar-refractivity contribution < 1.29 is 18.3 Å². The van der Waals surface area contributed by atoms with E-state index in [-0.39, 0.29) is 10.6 Å². The van der Waals surface area contributed by atoms with E-state index in [4.69, 9.17) is 5.11 Å². The standard InChI is InChI=1S/C12H12BrN3O4S/c1-6-3-4-8(13)5-9(6)16-21(19,20)11-7(2)14-15-10(11)12(17)18/h3-5,16H,1-2H3,(H,14,15)(H,17,18). The summed E-state index contributed by atoms with van der Waals surface area (Å²) in [7, 11) is -4.06. The van der Waals surface area contributed by atoms with Crippen LogP contribution in [0, 0.1) is 13.8 Å². The first kappa shape index (κ1) is 15.5. The molecule has 1 aromatic heterocycles. The third kappa shape index (κ3) is 3.08. The van der Waals surface area contributed by atoms with E-state index in [1.165, 1.54) is 6.92 Å². The lowest BCUT2D eigenvalue weighted by molar-refractivity contribution is 0.0686. The molecule has 0 amide bonds. The number of carboxylic acids is 1. The number of benzene rings is 1. The van der Waals surface area contributed by atoms with Crippen LogP contribution in [0.1, 0.15) is 21.7 Å². The van der Waals surface area contributed by atoms with E-state index >= 15 is 0 Å². The molecule has 0 spiro atoms. The van der Waals surface area contributed by atoms with Crippen LogP contribution in [0.25, 0.3) is 0 Å². The van der Waals surface area contributed by atoms with Gasteiger partial charge in [-0.3, -0.25) is 9.82 Å². The number of aromatic amines is 1. The number of rotatable bonds is 4. The Morgan fingerprint density at radius 1 is 1.38 bits per heavy atom. The molecule has 0 aliphatic rings. The normalized spacial score (nSPS) is 11.4. The molecule has 9 heteroatoms. The molecular formula is C12H12BrN3O4S. The maximum absolute atomic E-state index is 12.4. The maximum Gasteiger partial charge on any atom is 0.357 e. The molecule has 112 valence electrons. The summed E-state index contributed by atoms with van der Waals surface area (Å²) in [5.74, 6) is -1.41. The van der Waals surface area contributed by atoms with Crippen LogP contribution in [0.4, 0.5) is 5.69 Å². The number of anilines is 1. The lowest BCUT2D eigenvalue weighted by atomic mass is 10.2. The van der Waals surface area contributed by atoms with Crippen LogP contribution in [0.15, 0.2) is 27.6 Å². The summed E-state index contributed by atoms with van der Waals surface area (Å²) in [6.07, 6.45) is 0. The Morgan fingerprint density at radius 2 is 2.05 bits per heavy atom. The van der Waals surface area contributed by atoms with Crippen molar-refractivity contribution in [1.82, 2.24) is 10.2 Å². The third-order valence-electron chi connectivity index (χ3n) is 2.81. The van der Waals surface area contributed by atoms with Crippen LogP contribution < -0.4 is 4.72 Å². The zero-order valence-corrected chi connectivity index (χ0v) is 13.5. The minimum absolute atomic E-state index is 0.160. The lowest BCUT2D eigenvalue weighted by Gasteiger charge is -2.11. The highest BCUT2D eigenvalue weighted by molar-refractivity contribution is 9.10. The van der Waals surface area contributed by atoms with E-state index in [0.717, 1.165) is 0 Å². The summed E-state index contributed by atoms with van der Waals surface area (Å²) >= 11 is 3.26. The molecule has 2 aromatic rings. The summed E-state index contributed by atoms with van der Waals surface area (Å²) in [6, 6.07) is 5.12. The predicted octanol–water partition coefficient (Wildman–Crippen LogP) is 2.29. The Balaban J connectivity index is 2.51. The maximum atomic E-state index is 12.4. The Morgan fingerprint density at radius 3 is 2.67 bits per heavy atom. The van der Waals surface area contributed by atoms with Gasteiger partial charge in [0.2, 0.25) is 0 Å². The molecule has 0 saturated carbocycles. The average molecular weight is 374 g/mol. The van der Waals surface area contributed by atoms with E-state index in [1.54, 1.807) is 25.1 Å². The third-order valence-corrected chi connectivity index (χ3v) is 4.83. The molecule has 1 heterocycles. The van der Waals surface area contributed by atoms with Crippen LogP contribution in [0.2, 0.25) is 0 Å². The zero-order chi connectivity index (χ0) is 15.8. The molecule has 0 fully saturated rings. The molecule has 7 nitrogen and oxygen atoms in total. The number of sulfonamides is 1. The molecule has 0 aliphatic carbocycles. The first-order chi connectivity index (χ1) is 9.72. The van der Waals surface area contributed by atoms with Gasteiger partial charge in [-0.05, 0) is 31.5 Å². The van der Waals surface area contributed by atoms with Gasteiger partial charge in [0.05, 0.1) is 11.4 Å². The van der Waals surface area contributed by atoms with Crippen molar-refractivity contribution in [2.45, 2.75) is 18.7 Å². The highest BCUT2D eigenvalue weighted by atomic mass is 79.9. The molecule has 1 aromatic carbocycles. The van der Waals surface area contributed by atoms with Crippen LogP contribution in [0.5, 0.6) is 0 Å². The van der Waals surface area contributed by atoms with Crippen molar-refractivity contribution in [3.63, 3.8) is 0 Å². The van der Waals surface area contributed by atoms with E-state index < -0.39 is 21.7 Å². The highest BCUT2D eigenvalue weighted by Crippen LogP contribution is 2.25. The Kier molecular flexibility index (Phi) is 4.06. The second kappa shape index (κ2) is 5.49. The van der Waals surface area contributed by atoms with Gasteiger partial charge in [0, 0.05) is 4.47 Å². The van der Waals surface area contributed by atoms with Crippen molar-refractivity contribution in [3.05, 3.63) is 39.6 Å². The highest BCUT2D eigenvalue weighted by Gasteiger charge is 2.28. The lowest BCUT2D eigenvalue weighted by Crippen LogP contribution is -2.17. The quantitative estimate of drug-likeness (QED) is 0.760. The van der Waals surface area contributed by atoms with Crippen LogP contribution in [-0.4, -0.2) is 29.7 Å². The Hall–Kier alpha value is -1.87. The molecule has 0 aliphatic heterocycles. The summed E-state index contributed by atoms with van der Waals surface area (Å²) < 4.78 is 27.9. The predicted molar refractivity (Wildman–Crippen MR) is 80.0 cm³/mol. The van der Waals surface area contributed by atoms with Crippen molar-refractivity contribution in [2.24, 2.45) is 0 Å². The fraction of sp³-hybridized carbons (Fsp3) is 0.167. The van der Waals surface area contributed by atoms with Crippen LogP contribution >= 0.6 is 15.9 Å². The number of nitrogens with one attached hydrogen (secondary N) is 2. The number of nitrogens with zero attached hydrogens (tertiary/aromatic N) is 1. The number of halogens is 1. The monoisotopic (exact) mass is 373 g/mol. The van der Waals surface area contributed by atoms with Crippen molar-refractivity contribution in [1.29, 1.82) is 0 Å². The number of H-pyrrole nitrogens is 1. The fourth-order valence-corrected chi connectivity index (χ4v) is 3.60. The summed E-state index contributed by atoms with van der Waals surface area (Å²) in [6.45, 7) is 3.19. The van der Waals surface area contributed by atoms with Gasteiger partial charge in [-0.2, -0.15) is 5.10 Å². The van der Waals surface area contributed by atoms with Gasteiger partial charge in [-0.15, -0.1) is 0 Å². The molecule has 0 atom stereocenters. The molecule has 0 unspecified atom stereocenters. The Labute approximate surface area is 129 Å².